The minimum atomic E-state index is -0.0347. The summed E-state index contributed by atoms with van der Waals surface area (Å²) >= 11 is 0. The minimum absolute atomic E-state index is 0.0347. The van der Waals surface area contributed by atoms with E-state index < -0.39 is 0 Å². The second-order valence-electron chi connectivity index (χ2n) is 3.89. The lowest BCUT2D eigenvalue weighted by molar-refractivity contribution is -0.119. The molecule has 0 saturated carbocycles. The van der Waals surface area contributed by atoms with Gasteiger partial charge in [0.05, 0.1) is 0 Å². The van der Waals surface area contributed by atoms with Crippen LogP contribution in [0.25, 0.3) is 0 Å². The van der Waals surface area contributed by atoms with E-state index in [9.17, 15) is 4.79 Å². The summed E-state index contributed by atoms with van der Waals surface area (Å²) in [6.07, 6.45) is 3.42. The Morgan fingerprint density at radius 2 is 2.31 bits per heavy atom. The molecule has 1 aromatic rings. The molecule has 1 aromatic heterocycles. The summed E-state index contributed by atoms with van der Waals surface area (Å²) in [4.78, 5) is 15.8. The van der Waals surface area contributed by atoms with E-state index in [4.69, 9.17) is 0 Å². The van der Waals surface area contributed by atoms with Gasteiger partial charge in [-0.05, 0) is 25.1 Å². The van der Waals surface area contributed by atoms with E-state index in [0.717, 1.165) is 17.8 Å². The van der Waals surface area contributed by atoms with E-state index in [1.807, 2.05) is 26.8 Å². The Balaban J connectivity index is 2.54. The molecule has 4 nitrogen and oxygen atoms in total. The van der Waals surface area contributed by atoms with E-state index in [0.29, 0.717) is 6.54 Å². The number of rotatable bonds is 5. The second kappa shape index (κ2) is 6.23. The van der Waals surface area contributed by atoms with Crippen LogP contribution in [0.4, 0.5) is 5.69 Å². The quantitative estimate of drug-likeness (QED) is 0.793. The number of hydrogen-bond donors (Lipinski definition) is 2. The van der Waals surface area contributed by atoms with Gasteiger partial charge < -0.3 is 10.6 Å². The molecule has 88 valence electrons. The van der Waals surface area contributed by atoms with E-state index in [2.05, 4.69) is 15.6 Å². The largest absolute Gasteiger partial charge is 0.325 e. The van der Waals surface area contributed by atoms with Crippen molar-refractivity contribution in [1.82, 2.24) is 10.3 Å². The number of anilines is 1. The fourth-order valence-electron chi connectivity index (χ4n) is 1.32. The van der Waals surface area contributed by atoms with Crippen molar-refractivity contribution in [3.8, 4) is 0 Å². The first kappa shape index (κ1) is 12.6. The van der Waals surface area contributed by atoms with Gasteiger partial charge in [-0.25, -0.2) is 0 Å². The number of amides is 1. The van der Waals surface area contributed by atoms with Crippen LogP contribution in [-0.4, -0.2) is 24.0 Å². The zero-order valence-electron chi connectivity index (χ0n) is 10.1. The number of hydrogen-bond acceptors (Lipinski definition) is 3. The molecule has 0 aliphatic rings. The third-order valence-electron chi connectivity index (χ3n) is 2.43. The minimum Gasteiger partial charge on any atom is -0.325 e. The van der Waals surface area contributed by atoms with Crippen LogP contribution in [0.5, 0.6) is 0 Å². The van der Waals surface area contributed by atoms with Crippen LogP contribution < -0.4 is 10.6 Å². The molecular weight excluding hydrogens is 202 g/mol. The van der Waals surface area contributed by atoms with Gasteiger partial charge in [0.1, 0.15) is 0 Å². The van der Waals surface area contributed by atoms with Gasteiger partial charge in [-0.3, -0.25) is 9.78 Å². The summed E-state index contributed by atoms with van der Waals surface area (Å²) < 4.78 is 0. The molecule has 0 fully saturated rings. The molecular formula is C12H19N3O. The summed E-state index contributed by atoms with van der Waals surface area (Å²) in [7, 11) is 0. The van der Waals surface area contributed by atoms with E-state index >= 15 is 0 Å². The maximum Gasteiger partial charge on any atom is 0.228 e. The fourth-order valence-corrected chi connectivity index (χ4v) is 1.32. The normalized spacial score (nSPS) is 12.2. The Morgan fingerprint density at radius 1 is 1.56 bits per heavy atom. The van der Waals surface area contributed by atoms with Gasteiger partial charge in [-0.1, -0.05) is 13.8 Å². The third kappa shape index (κ3) is 3.62. The highest BCUT2D eigenvalue weighted by atomic mass is 16.1. The van der Waals surface area contributed by atoms with Crippen molar-refractivity contribution >= 4 is 11.6 Å². The monoisotopic (exact) mass is 221 g/mol. The summed E-state index contributed by atoms with van der Waals surface area (Å²) in [6, 6.07) is 1.81. The number of aromatic nitrogens is 1. The molecule has 0 spiro atoms. The first-order valence-electron chi connectivity index (χ1n) is 5.57. The van der Waals surface area contributed by atoms with Crippen LogP contribution >= 0.6 is 0 Å². The SMILES string of the molecule is CCNCC(C)C(=O)Nc1ccncc1C. The predicted molar refractivity (Wildman–Crippen MR) is 65.3 cm³/mol. The van der Waals surface area contributed by atoms with Crippen LogP contribution in [0.1, 0.15) is 19.4 Å². The molecule has 1 unspecified atom stereocenters. The first-order chi connectivity index (χ1) is 7.65. The molecule has 0 aliphatic heterocycles. The third-order valence-corrected chi connectivity index (χ3v) is 2.43. The molecule has 0 bridgehead atoms. The Hall–Kier alpha value is -1.42. The lowest BCUT2D eigenvalue weighted by Gasteiger charge is -2.13. The summed E-state index contributed by atoms with van der Waals surface area (Å²) in [5, 5.41) is 6.06. The lowest BCUT2D eigenvalue weighted by Crippen LogP contribution is -2.30. The number of nitrogens with one attached hydrogen (secondary N) is 2. The van der Waals surface area contributed by atoms with Gasteiger partial charge in [-0.2, -0.15) is 0 Å². The predicted octanol–water partition coefficient (Wildman–Crippen LogP) is 1.57. The van der Waals surface area contributed by atoms with Gasteiger partial charge in [0.15, 0.2) is 0 Å². The summed E-state index contributed by atoms with van der Waals surface area (Å²) in [6.45, 7) is 7.45. The van der Waals surface area contributed by atoms with Gasteiger partial charge in [0.2, 0.25) is 5.91 Å². The Bertz CT molecular complexity index is 352. The van der Waals surface area contributed by atoms with Crippen LogP contribution in [0.2, 0.25) is 0 Å². The van der Waals surface area contributed by atoms with E-state index in [-0.39, 0.29) is 11.8 Å². The first-order valence-corrected chi connectivity index (χ1v) is 5.57. The van der Waals surface area contributed by atoms with Crippen molar-refractivity contribution in [1.29, 1.82) is 0 Å². The molecule has 1 heterocycles. The lowest BCUT2D eigenvalue weighted by atomic mass is 10.1. The molecule has 1 atom stereocenters. The van der Waals surface area contributed by atoms with Crippen molar-refractivity contribution in [2.45, 2.75) is 20.8 Å². The highest BCUT2D eigenvalue weighted by molar-refractivity contribution is 5.93. The molecule has 0 aromatic carbocycles. The molecule has 0 radical (unpaired) electrons. The molecule has 0 aliphatic carbocycles. The number of carbonyl (C=O) groups is 1. The zero-order valence-corrected chi connectivity index (χ0v) is 10.1. The van der Waals surface area contributed by atoms with Crippen molar-refractivity contribution in [2.24, 2.45) is 5.92 Å². The van der Waals surface area contributed by atoms with E-state index in [1.54, 1.807) is 12.4 Å². The summed E-state index contributed by atoms with van der Waals surface area (Å²) in [5.41, 5.74) is 1.81. The Kier molecular flexibility index (Phi) is 4.92. The van der Waals surface area contributed by atoms with Crippen molar-refractivity contribution in [3.05, 3.63) is 24.0 Å². The van der Waals surface area contributed by atoms with Gasteiger partial charge in [0, 0.05) is 30.5 Å². The highest BCUT2D eigenvalue weighted by Crippen LogP contribution is 2.12. The topological polar surface area (TPSA) is 54.0 Å². The number of pyridine rings is 1. The molecule has 1 rings (SSSR count). The van der Waals surface area contributed by atoms with Crippen molar-refractivity contribution < 1.29 is 4.79 Å². The van der Waals surface area contributed by atoms with Crippen LogP contribution in [0.3, 0.4) is 0 Å². The molecule has 0 saturated heterocycles. The Morgan fingerprint density at radius 3 is 2.94 bits per heavy atom. The van der Waals surface area contributed by atoms with Gasteiger partial charge in [-0.15, -0.1) is 0 Å². The fraction of sp³-hybridized carbons (Fsp3) is 0.500. The van der Waals surface area contributed by atoms with E-state index in [1.165, 1.54) is 0 Å². The summed E-state index contributed by atoms with van der Waals surface area (Å²) in [5.74, 6) is 0.00256. The standard InChI is InChI=1S/C12H19N3O/c1-4-13-8-10(3)12(16)15-11-5-6-14-7-9(11)2/h5-7,10,13H,4,8H2,1-3H3,(H,14,15,16). The smallest absolute Gasteiger partial charge is 0.228 e. The van der Waals surface area contributed by atoms with Gasteiger partial charge in [0.25, 0.3) is 0 Å². The molecule has 16 heavy (non-hydrogen) atoms. The van der Waals surface area contributed by atoms with Crippen molar-refractivity contribution in [2.75, 3.05) is 18.4 Å². The number of aryl methyl sites for hydroxylation is 1. The zero-order chi connectivity index (χ0) is 12.0. The van der Waals surface area contributed by atoms with Gasteiger partial charge >= 0.3 is 0 Å². The van der Waals surface area contributed by atoms with Crippen LogP contribution in [0.15, 0.2) is 18.5 Å². The Labute approximate surface area is 96.5 Å². The molecule has 2 N–H and O–H groups in total. The van der Waals surface area contributed by atoms with Crippen LogP contribution in [0, 0.1) is 12.8 Å². The molecule has 4 heteroatoms. The molecule has 1 amide bonds. The second-order valence-corrected chi connectivity index (χ2v) is 3.89. The number of nitrogens with zero attached hydrogens (tertiary/aromatic N) is 1. The maximum atomic E-state index is 11.8. The average molecular weight is 221 g/mol. The van der Waals surface area contributed by atoms with Crippen molar-refractivity contribution in [3.63, 3.8) is 0 Å². The average Bonchev–Trinajstić information content (AvgIpc) is 2.28. The highest BCUT2D eigenvalue weighted by Gasteiger charge is 2.12. The van der Waals surface area contributed by atoms with Crippen LogP contribution in [-0.2, 0) is 4.79 Å². The number of carbonyl (C=O) groups excluding carboxylic acids is 1. The maximum absolute atomic E-state index is 11.8.